The summed E-state index contributed by atoms with van der Waals surface area (Å²) >= 11 is 3.49. The molecule has 1 fully saturated rings. The fourth-order valence-electron chi connectivity index (χ4n) is 2.20. The second-order valence-electron chi connectivity index (χ2n) is 4.46. The molecule has 1 saturated heterocycles. The number of piperidine rings is 1. The van der Waals surface area contributed by atoms with E-state index in [0.717, 1.165) is 12.8 Å². The maximum atomic E-state index is 12.7. The molecule has 1 aromatic carbocycles. The Kier molecular flexibility index (Phi) is 4.45. The van der Waals surface area contributed by atoms with E-state index < -0.39 is 15.6 Å². The molecule has 1 aliphatic heterocycles. The molecule has 106 valence electrons. The summed E-state index contributed by atoms with van der Waals surface area (Å²) in [5.74, 6) is -3.39. The Hall–Kier alpha value is -0.690. The molecule has 0 N–H and O–H groups in total. The number of sulfone groups is 1. The zero-order valence-corrected chi connectivity index (χ0v) is 12.5. The van der Waals surface area contributed by atoms with Gasteiger partial charge in [0.15, 0.2) is 0 Å². The highest BCUT2D eigenvalue weighted by Gasteiger charge is 2.31. The zero-order chi connectivity index (χ0) is 14.0. The Morgan fingerprint density at radius 1 is 1.32 bits per heavy atom. The van der Waals surface area contributed by atoms with Crippen molar-refractivity contribution >= 4 is 31.5 Å². The Labute approximate surface area is 119 Å². The molecule has 0 bridgehead atoms. The number of nitrogens with zero attached hydrogens (tertiary/aromatic N) is 1. The van der Waals surface area contributed by atoms with Crippen LogP contribution in [-0.4, -0.2) is 32.1 Å². The van der Waals surface area contributed by atoms with Crippen molar-refractivity contribution in [3.63, 3.8) is 0 Å². The second kappa shape index (κ2) is 5.75. The first kappa shape index (κ1) is 14.7. The average Bonchev–Trinajstić information content (AvgIpc) is 2.38. The third-order valence-corrected chi connectivity index (χ3v) is 5.29. The number of halogens is 3. The molecule has 0 aliphatic carbocycles. The van der Waals surface area contributed by atoms with Crippen LogP contribution in [0.15, 0.2) is 29.2 Å². The van der Waals surface area contributed by atoms with Gasteiger partial charge in [-0.15, -0.1) is 0 Å². The lowest BCUT2D eigenvalue weighted by Gasteiger charge is -2.33. The highest BCUT2D eigenvalue weighted by atomic mass is 79.9. The summed E-state index contributed by atoms with van der Waals surface area (Å²) in [7, 11) is -4.56. The van der Waals surface area contributed by atoms with Crippen LogP contribution in [0.3, 0.4) is 0 Å². The third-order valence-electron chi connectivity index (χ3n) is 3.11. The SMILES string of the molecule is O=S(=O)(c1ccccc1N1CCCC(Br)C1)C(F)F. The molecule has 1 heterocycles. The smallest absolute Gasteiger partial charge is 0.341 e. The molecule has 0 saturated carbocycles. The van der Waals surface area contributed by atoms with E-state index in [1.807, 2.05) is 4.90 Å². The van der Waals surface area contributed by atoms with E-state index in [-0.39, 0.29) is 9.72 Å². The Morgan fingerprint density at radius 3 is 2.63 bits per heavy atom. The molecule has 3 nitrogen and oxygen atoms in total. The fraction of sp³-hybridized carbons (Fsp3) is 0.500. The predicted octanol–water partition coefficient (Wildman–Crippen LogP) is 3.05. The van der Waals surface area contributed by atoms with Crippen LogP contribution in [0.5, 0.6) is 0 Å². The topological polar surface area (TPSA) is 37.4 Å². The molecule has 0 amide bonds. The molecule has 19 heavy (non-hydrogen) atoms. The van der Waals surface area contributed by atoms with E-state index in [0.29, 0.717) is 18.8 Å². The van der Waals surface area contributed by atoms with Crippen molar-refractivity contribution in [2.45, 2.75) is 28.3 Å². The molecular formula is C12H14BrF2NO2S. The van der Waals surface area contributed by atoms with Crippen LogP contribution < -0.4 is 4.90 Å². The van der Waals surface area contributed by atoms with Crippen molar-refractivity contribution in [1.29, 1.82) is 0 Å². The maximum absolute atomic E-state index is 12.7. The quantitative estimate of drug-likeness (QED) is 0.783. The monoisotopic (exact) mass is 353 g/mol. The van der Waals surface area contributed by atoms with Crippen LogP contribution in [0.4, 0.5) is 14.5 Å². The van der Waals surface area contributed by atoms with E-state index in [1.54, 1.807) is 12.1 Å². The summed E-state index contributed by atoms with van der Waals surface area (Å²) in [6, 6.07) is 5.96. The highest BCUT2D eigenvalue weighted by molar-refractivity contribution is 9.09. The van der Waals surface area contributed by atoms with Crippen molar-refractivity contribution in [2.24, 2.45) is 0 Å². The average molecular weight is 354 g/mol. The molecule has 0 spiro atoms. The number of benzene rings is 1. The standard InChI is InChI=1S/C12H14BrF2NO2S/c13-9-4-3-7-16(8-9)10-5-1-2-6-11(10)19(17,18)12(14)15/h1-2,5-6,9,12H,3-4,7-8H2. The van der Waals surface area contributed by atoms with E-state index in [4.69, 9.17) is 0 Å². The van der Waals surface area contributed by atoms with Crippen LogP contribution in [0.25, 0.3) is 0 Å². The van der Waals surface area contributed by atoms with E-state index in [2.05, 4.69) is 15.9 Å². The van der Waals surface area contributed by atoms with Crippen LogP contribution in [0.1, 0.15) is 12.8 Å². The van der Waals surface area contributed by atoms with E-state index >= 15 is 0 Å². The van der Waals surface area contributed by atoms with Gasteiger partial charge in [-0.3, -0.25) is 0 Å². The molecule has 7 heteroatoms. The molecular weight excluding hydrogens is 340 g/mol. The number of hydrogen-bond acceptors (Lipinski definition) is 3. The number of para-hydroxylation sites is 1. The first-order valence-electron chi connectivity index (χ1n) is 5.93. The van der Waals surface area contributed by atoms with Crippen molar-refractivity contribution in [3.8, 4) is 0 Å². The largest absolute Gasteiger partial charge is 0.369 e. The van der Waals surface area contributed by atoms with Crippen LogP contribution in [-0.2, 0) is 9.84 Å². The first-order valence-corrected chi connectivity index (χ1v) is 8.39. The fourth-order valence-corrected chi connectivity index (χ4v) is 3.82. The minimum atomic E-state index is -4.56. The van der Waals surface area contributed by atoms with E-state index in [1.165, 1.54) is 12.1 Å². The summed E-state index contributed by atoms with van der Waals surface area (Å²) in [5.41, 5.74) is 0.368. The van der Waals surface area contributed by atoms with Gasteiger partial charge in [-0.05, 0) is 25.0 Å². The van der Waals surface area contributed by atoms with Crippen molar-refractivity contribution < 1.29 is 17.2 Å². The first-order chi connectivity index (χ1) is 8.93. The van der Waals surface area contributed by atoms with Crippen molar-refractivity contribution in [2.75, 3.05) is 18.0 Å². The van der Waals surface area contributed by atoms with Gasteiger partial charge in [0, 0.05) is 17.9 Å². The molecule has 2 rings (SSSR count). The van der Waals surface area contributed by atoms with Gasteiger partial charge >= 0.3 is 5.76 Å². The third kappa shape index (κ3) is 3.08. The zero-order valence-electron chi connectivity index (χ0n) is 10.1. The molecule has 1 aliphatic rings. The lowest BCUT2D eigenvalue weighted by molar-refractivity contribution is 0.235. The normalized spacial score (nSPS) is 20.8. The van der Waals surface area contributed by atoms with E-state index in [9.17, 15) is 17.2 Å². The number of rotatable bonds is 3. The Morgan fingerprint density at radius 2 is 2.00 bits per heavy atom. The van der Waals surface area contributed by atoms with Gasteiger partial charge in [-0.25, -0.2) is 8.42 Å². The van der Waals surface area contributed by atoms with Gasteiger partial charge in [0.2, 0.25) is 9.84 Å². The minimum Gasteiger partial charge on any atom is -0.369 e. The van der Waals surface area contributed by atoms with Gasteiger partial charge in [-0.1, -0.05) is 28.1 Å². The summed E-state index contributed by atoms with van der Waals surface area (Å²) in [4.78, 5) is 1.81. The Balaban J connectivity index is 2.42. The number of alkyl halides is 3. The van der Waals surface area contributed by atoms with Crippen LogP contribution in [0.2, 0.25) is 0 Å². The summed E-state index contributed by atoms with van der Waals surface area (Å²) in [6.45, 7) is 1.30. The molecule has 1 atom stereocenters. The summed E-state index contributed by atoms with van der Waals surface area (Å²) < 4.78 is 48.8. The Bertz CT molecular complexity index is 550. The minimum absolute atomic E-state index is 0.253. The lowest BCUT2D eigenvalue weighted by atomic mass is 10.1. The van der Waals surface area contributed by atoms with Crippen molar-refractivity contribution in [1.82, 2.24) is 0 Å². The number of anilines is 1. The maximum Gasteiger partial charge on any atom is 0.341 e. The summed E-state index contributed by atoms with van der Waals surface area (Å²) in [6.07, 6.45) is 1.90. The predicted molar refractivity (Wildman–Crippen MR) is 73.8 cm³/mol. The van der Waals surface area contributed by atoms with Gasteiger partial charge in [0.1, 0.15) is 0 Å². The molecule has 1 aromatic rings. The van der Waals surface area contributed by atoms with Crippen LogP contribution >= 0.6 is 15.9 Å². The molecule has 0 radical (unpaired) electrons. The van der Waals surface area contributed by atoms with Gasteiger partial charge < -0.3 is 4.90 Å². The van der Waals surface area contributed by atoms with Gasteiger partial charge in [0.25, 0.3) is 0 Å². The number of hydrogen-bond donors (Lipinski definition) is 0. The summed E-state index contributed by atoms with van der Waals surface area (Å²) in [5, 5.41) is 0. The second-order valence-corrected chi connectivity index (χ2v) is 7.64. The molecule has 1 unspecified atom stereocenters. The van der Waals surface area contributed by atoms with Crippen molar-refractivity contribution in [3.05, 3.63) is 24.3 Å². The van der Waals surface area contributed by atoms with Gasteiger partial charge in [0.05, 0.1) is 10.6 Å². The van der Waals surface area contributed by atoms with Crippen LogP contribution in [0, 0.1) is 0 Å². The highest BCUT2D eigenvalue weighted by Crippen LogP contribution is 2.31. The van der Waals surface area contributed by atoms with Gasteiger partial charge in [-0.2, -0.15) is 8.78 Å². The lowest BCUT2D eigenvalue weighted by Crippen LogP contribution is -2.36. The molecule has 0 aromatic heterocycles.